The number of benzene rings is 1. The van der Waals surface area contributed by atoms with Crippen molar-refractivity contribution in [3.63, 3.8) is 0 Å². The lowest BCUT2D eigenvalue weighted by Gasteiger charge is -2.19. The molecule has 118 valence electrons. The molecule has 1 aromatic carbocycles. The van der Waals surface area contributed by atoms with E-state index in [0.29, 0.717) is 31.1 Å². The van der Waals surface area contributed by atoms with E-state index in [0.717, 1.165) is 13.0 Å². The van der Waals surface area contributed by atoms with E-state index in [4.69, 9.17) is 9.47 Å². The second-order valence-electron chi connectivity index (χ2n) is 5.22. The van der Waals surface area contributed by atoms with Crippen LogP contribution in [-0.2, 0) is 4.74 Å². The van der Waals surface area contributed by atoms with E-state index in [1.165, 1.54) is 0 Å². The normalized spacial score (nSPS) is 10.7. The van der Waals surface area contributed by atoms with E-state index in [2.05, 4.69) is 0 Å². The molecule has 0 aromatic heterocycles. The standard InChI is InChI=1S/C16H26N2O3/c1-17(2)11-13-21-15-9-6-5-8-14(15)16(19)18(3)10-7-12-20-4/h5-6,8-9H,7,10-13H2,1-4H3. The summed E-state index contributed by atoms with van der Waals surface area (Å²) in [5, 5.41) is 0. The van der Waals surface area contributed by atoms with Crippen LogP contribution < -0.4 is 4.74 Å². The number of nitrogens with zero attached hydrogens (tertiary/aromatic N) is 2. The number of para-hydroxylation sites is 1. The summed E-state index contributed by atoms with van der Waals surface area (Å²) in [6.45, 7) is 2.69. The zero-order chi connectivity index (χ0) is 15.7. The Morgan fingerprint density at radius 1 is 1.10 bits per heavy atom. The Morgan fingerprint density at radius 3 is 2.48 bits per heavy atom. The van der Waals surface area contributed by atoms with Gasteiger partial charge in [-0.1, -0.05) is 12.1 Å². The van der Waals surface area contributed by atoms with Crippen LogP contribution in [0.2, 0.25) is 0 Å². The Hall–Kier alpha value is -1.59. The van der Waals surface area contributed by atoms with Crippen molar-refractivity contribution in [3.8, 4) is 5.75 Å². The van der Waals surface area contributed by atoms with Gasteiger partial charge >= 0.3 is 0 Å². The zero-order valence-electron chi connectivity index (χ0n) is 13.5. The summed E-state index contributed by atoms with van der Waals surface area (Å²) in [5.74, 6) is 0.620. The number of ether oxygens (including phenoxy) is 2. The van der Waals surface area contributed by atoms with E-state index >= 15 is 0 Å². The summed E-state index contributed by atoms with van der Waals surface area (Å²) in [6.07, 6.45) is 0.822. The van der Waals surface area contributed by atoms with Crippen LogP contribution in [0.4, 0.5) is 0 Å². The molecule has 0 aliphatic carbocycles. The lowest BCUT2D eigenvalue weighted by molar-refractivity contribution is 0.0774. The number of carbonyl (C=O) groups is 1. The van der Waals surface area contributed by atoms with Crippen LogP contribution in [0.3, 0.4) is 0 Å². The molecule has 0 bridgehead atoms. The highest BCUT2D eigenvalue weighted by atomic mass is 16.5. The summed E-state index contributed by atoms with van der Waals surface area (Å²) < 4.78 is 10.7. The molecule has 0 saturated heterocycles. The molecule has 1 amide bonds. The molecule has 0 spiro atoms. The molecule has 0 unspecified atom stereocenters. The molecular weight excluding hydrogens is 268 g/mol. The molecule has 0 N–H and O–H groups in total. The summed E-state index contributed by atoms with van der Waals surface area (Å²) in [7, 11) is 7.44. The fraction of sp³-hybridized carbons (Fsp3) is 0.562. The molecule has 21 heavy (non-hydrogen) atoms. The number of methoxy groups -OCH3 is 1. The summed E-state index contributed by atoms with van der Waals surface area (Å²) in [4.78, 5) is 16.2. The lowest BCUT2D eigenvalue weighted by atomic mass is 10.1. The largest absolute Gasteiger partial charge is 0.491 e. The second-order valence-corrected chi connectivity index (χ2v) is 5.22. The monoisotopic (exact) mass is 294 g/mol. The Labute approximate surface area is 127 Å². The van der Waals surface area contributed by atoms with Crippen molar-refractivity contribution >= 4 is 5.91 Å². The average molecular weight is 294 g/mol. The summed E-state index contributed by atoms with van der Waals surface area (Å²) in [6, 6.07) is 7.38. The highest BCUT2D eigenvalue weighted by molar-refractivity contribution is 5.96. The first-order valence-electron chi connectivity index (χ1n) is 7.17. The first kappa shape index (κ1) is 17.5. The van der Waals surface area contributed by atoms with Gasteiger partial charge in [0.2, 0.25) is 0 Å². The van der Waals surface area contributed by atoms with Gasteiger partial charge in [0.25, 0.3) is 5.91 Å². The van der Waals surface area contributed by atoms with Crippen molar-refractivity contribution in [2.45, 2.75) is 6.42 Å². The number of hydrogen-bond donors (Lipinski definition) is 0. The molecule has 0 radical (unpaired) electrons. The quantitative estimate of drug-likeness (QED) is 0.651. The number of likely N-dealkylation sites (N-methyl/N-ethyl adjacent to an activating group) is 1. The Balaban J connectivity index is 2.65. The molecule has 0 atom stereocenters. The van der Waals surface area contributed by atoms with Crippen molar-refractivity contribution in [2.24, 2.45) is 0 Å². The lowest BCUT2D eigenvalue weighted by Crippen LogP contribution is -2.29. The van der Waals surface area contributed by atoms with Gasteiger partial charge in [0, 0.05) is 33.9 Å². The molecule has 5 nitrogen and oxygen atoms in total. The molecule has 0 aliphatic rings. The van der Waals surface area contributed by atoms with E-state index in [1.54, 1.807) is 25.1 Å². The second kappa shape index (κ2) is 9.37. The minimum absolute atomic E-state index is 0.0217. The number of rotatable bonds is 9. The van der Waals surface area contributed by atoms with Crippen LogP contribution in [0.5, 0.6) is 5.75 Å². The fourth-order valence-electron chi connectivity index (χ4n) is 1.86. The van der Waals surface area contributed by atoms with Crippen molar-refractivity contribution in [1.29, 1.82) is 0 Å². The van der Waals surface area contributed by atoms with Crippen molar-refractivity contribution in [1.82, 2.24) is 9.80 Å². The zero-order valence-corrected chi connectivity index (χ0v) is 13.5. The van der Waals surface area contributed by atoms with Gasteiger partial charge in [-0.3, -0.25) is 4.79 Å². The third-order valence-corrected chi connectivity index (χ3v) is 3.10. The summed E-state index contributed by atoms with van der Waals surface area (Å²) in [5.41, 5.74) is 0.608. The van der Waals surface area contributed by atoms with Crippen LogP contribution in [0, 0.1) is 0 Å². The SMILES string of the molecule is COCCCN(C)C(=O)c1ccccc1OCCN(C)C. The Kier molecular flexibility index (Phi) is 7.79. The average Bonchev–Trinajstić information content (AvgIpc) is 2.47. The summed E-state index contributed by atoms with van der Waals surface area (Å²) >= 11 is 0. The molecular formula is C16H26N2O3. The topological polar surface area (TPSA) is 42.0 Å². The van der Waals surface area contributed by atoms with E-state index in [9.17, 15) is 4.79 Å². The number of hydrogen-bond acceptors (Lipinski definition) is 4. The van der Waals surface area contributed by atoms with Gasteiger partial charge in [-0.25, -0.2) is 0 Å². The predicted octanol–water partition coefficient (Wildman–Crippen LogP) is 1.74. The first-order chi connectivity index (χ1) is 10.1. The predicted molar refractivity (Wildman–Crippen MR) is 83.9 cm³/mol. The van der Waals surface area contributed by atoms with Gasteiger partial charge in [0.05, 0.1) is 5.56 Å². The molecule has 5 heteroatoms. The molecule has 0 aliphatic heterocycles. The van der Waals surface area contributed by atoms with Crippen LogP contribution in [0.1, 0.15) is 16.8 Å². The molecule has 0 fully saturated rings. The molecule has 1 rings (SSSR count). The van der Waals surface area contributed by atoms with Gasteiger partial charge in [0.15, 0.2) is 0 Å². The van der Waals surface area contributed by atoms with Gasteiger partial charge in [-0.05, 0) is 32.6 Å². The maximum atomic E-state index is 12.5. The van der Waals surface area contributed by atoms with E-state index in [1.807, 2.05) is 37.2 Å². The minimum atomic E-state index is -0.0217. The maximum absolute atomic E-state index is 12.5. The third-order valence-electron chi connectivity index (χ3n) is 3.10. The fourth-order valence-corrected chi connectivity index (χ4v) is 1.86. The van der Waals surface area contributed by atoms with Gasteiger partial charge in [0.1, 0.15) is 12.4 Å². The van der Waals surface area contributed by atoms with Gasteiger partial charge < -0.3 is 19.3 Å². The van der Waals surface area contributed by atoms with Crippen LogP contribution >= 0.6 is 0 Å². The molecule has 0 heterocycles. The molecule has 1 aromatic rings. The third kappa shape index (κ3) is 6.14. The van der Waals surface area contributed by atoms with E-state index in [-0.39, 0.29) is 5.91 Å². The van der Waals surface area contributed by atoms with Crippen molar-refractivity contribution in [2.75, 3.05) is 54.6 Å². The van der Waals surface area contributed by atoms with Gasteiger partial charge in [-0.2, -0.15) is 0 Å². The highest BCUT2D eigenvalue weighted by Crippen LogP contribution is 2.19. The molecule has 0 saturated carbocycles. The van der Waals surface area contributed by atoms with Crippen LogP contribution in [0.15, 0.2) is 24.3 Å². The first-order valence-corrected chi connectivity index (χ1v) is 7.17. The van der Waals surface area contributed by atoms with E-state index < -0.39 is 0 Å². The van der Waals surface area contributed by atoms with Crippen molar-refractivity contribution < 1.29 is 14.3 Å². The number of carbonyl (C=O) groups excluding carboxylic acids is 1. The number of amides is 1. The maximum Gasteiger partial charge on any atom is 0.257 e. The van der Waals surface area contributed by atoms with Gasteiger partial charge in [-0.15, -0.1) is 0 Å². The van der Waals surface area contributed by atoms with Crippen molar-refractivity contribution in [3.05, 3.63) is 29.8 Å². The Morgan fingerprint density at radius 2 is 1.81 bits per heavy atom. The smallest absolute Gasteiger partial charge is 0.257 e. The van der Waals surface area contributed by atoms with Crippen LogP contribution in [-0.4, -0.2) is 70.3 Å². The highest BCUT2D eigenvalue weighted by Gasteiger charge is 2.16. The van der Waals surface area contributed by atoms with Crippen LogP contribution in [0.25, 0.3) is 0 Å². The Bertz CT molecular complexity index is 435. The minimum Gasteiger partial charge on any atom is -0.491 e.